The van der Waals surface area contributed by atoms with Crippen LogP contribution in [0.2, 0.25) is 0 Å². The second kappa shape index (κ2) is 9.13. The Hall–Kier alpha value is -0.120. The molecule has 0 aliphatic carbocycles. The Morgan fingerprint density at radius 2 is 1.73 bits per heavy atom. The first-order valence-electron chi connectivity index (χ1n) is 6.07. The third kappa shape index (κ3) is 8.85. The summed E-state index contributed by atoms with van der Waals surface area (Å²) >= 11 is 0. The van der Waals surface area contributed by atoms with Crippen LogP contribution in [0.1, 0.15) is 26.2 Å². The molecule has 0 spiro atoms. The standard InChI is InChI=1S/C12H29N3/c1-12(8-6-9-13-2)15(5)11-7-10-14(3)4/h12-13H,6-11H2,1-5H3. The van der Waals surface area contributed by atoms with Gasteiger partial charge < -0.3 is 15.1 Å². The van der Waals surface area contributed by atoms with Crippen LogP contribution in [-0.2, 0) is 0 Å². The minimum Gasteiger partial charge on any atom is -0.320 e. The predicted octanol–water partition coefficient (Wildman–Crippen LogP) is 1.26. The number of hydrogen-bond acceptors (Lipinski definition) is 3. The van der Waals surface area contributed by atoms with Gasteiger partial charge in [-0.05, 0) is 74.0 Å². The van der Waals surface area contributed by atoms with Gasteiger partial charge in [0.2, 0.25) is 0 Å². The summed E-state index contributed by atoms with van der Waals surface area (Å²) in [5.74, 6) is 0. The molecule has 0 radical (unpaired) electrons. The molecule has 0 aliphatic heterocycles. The van der Waals surface area contributed by atoms with Gasteiger partial charge in [-0.2, -0.15) is 0 Å². The largest absolute Gasteiger partial charge is 0.320 e. The van der Waals surface area contributed by atoms with Gasteiger partial charge in [0, 0.05) is 6.04 Å². The topological polar surface area (TPSA) is 18.5 Å². The van der Waals surface area contributed by atoms with E-state index < -0.39 is 0 Å². The molecule has 0 aromatic heterocycles. The van der Waals surface area contributed by atoms with Crippen molar-refractivity contribution in [3.05, 3.63) is 0 Å². The van der Waals surface area contributed by atoms with Gasteiger partial charge in [0.25, 0.3) is 0 Å². The lowest BCUT2D eigenvalue weighted by molar-refractivity contribution is 0.229. The molecular weight excluding hydrogens is 186 g/mol. The molecule has 0 aromatic rings. The van der Waals surface area contributed by atoms with Crippen LogP contribution in [0.4, 0.5) is 0 Å². The highest BCUT2D eigenvalue weighted by Gasteiger charge is 2.07. The van der Waals surface area contributed by atoms with Crippen LogP contribution in [0.15, 0.2) is 0 Å². The van der Waals surface area contributed by atoms with E-state index in [9.17, 15) is 0 Å². The summed E-state index contributed by atoms with van der Waals surface area (Å²) in [5, 5.41) is 3.19. The summed E-state index contributed by atoms with van der Waals surface area (Å²) in [4.78, 5) is 4.72. The van der Waals surface area contributed by atoms with Crippen LogP contribution in [0, 0.1) is 0 Å². The Bertz CT molecular complexity index is 137. The SMILES string of the molecule is CNCCCC(C)N(C)CCCN(C)C. The molecular formula is C12H29N3. The quantitative estimate of drug-likeness (QED) is 0.584. The molecule has 0 rings (SSSR count). The summed E-state index contributed by atoms with van der Waals surface area (Å²) in [5.41, 5.74) is 0. The highest BCUT2D eigenvalue weighted by Crippen LogP contribution is 2.04. The Balaban J connectivity index is 3.46. The van der Waals surface area contributed by atoms with Crippen molar-refractivity contribution in [3.63, 3.8) is 0 Å². The number of nitrogens with one attached hydrogen (secondary N) is 1. The van der Waals surface area contributed by atoms with Crippen molar-refractivity contribution in [1.29, 1.82) is 0 Å². The minimum absolute atomic E-state index is 0.709. The van der Waals surface area contributed by atoms with Crippen LogP contribution < -0.4 is 5.32 Å². The second-order valence-corrected chi connectivity index (χ2v) is 4.73. The van der Waals surface area contributed by atoms with E-state index in [-0.39, 0.29) is 0 Å². The molecule has 15 heavy (non-hydrogen) atoms. The second-order valence-electron chi connectivity index (χ2n) is 4.73. The first-order chi connectivity index (χ1) is 7.07. The lowest BCUT2D eigenvalue weighted by Gasteiger charge is -2.25. The monoisotopic (exact) mass is 215 g/mol. The highest BCUT2D eigenvalue weighted by atomic mass is 15.1. The van der Waals surface area contributed by atoms with Crippen molar-refractivity contribution in [2.45, 2.75) is 32.2 Å². The first kappa shape index (κ1) is 14.9. The van der Waals surface area contributed by atoms with Crippen molar-refractivity contribution < 1.29 is 0 Å². The van der Waals surface area contributed by atoms with Crippen molar-refractivity contribution in [3.8, 4) is 0 Å². The molecule has 0 fully saturated rings. The van der Waals surface area contributed by atoms with Crippen molar-refractivity contribution in [1.82, 2.24) is 15.1 Å². The average Bonchev–Trinajstić information content (AvgIpc) is 2.17. The molecule has 0 saturated carbocycles. The number of nitrogens with zero attached hydrogens (tertiary/aromatic N) is 2. The maximum atomic E-state index is 3.19. The van der Waals surface area contributed by atoms with E-state index in [2.05, 4.69) is 43.2 Å². The molecule has 0 aliphatic rings. The van der Waals surface area contributed by atoms with Crippen molar-refractivity contribution >= 4 is 0 Å². The van der Waals surface area contributed by atoms with E-state index in [0.29, 0.717) is 6.04 Å². The van der Waals surface area contributed by atoms with Crippen LogP contribution in [-0.4, -0.2) is 63.7 Å². The van der Waals surface area contributed by atoms with Crippen LogP contribution in [0.25, 0.3) is 0 Å². The van der Waals surface area contributed by atoms with Gasteiger partial charge in [0.1, 0.15) is 0 Å². The normalized spacial score (nSPS) is 13.8. The van der Waals surface area contributed by atoms with Crippen LogP contribution in [0.5, 0.6) is 0 Å². The van der Waals surface area contributed by atoms with Gasteiger partial charge in [0.05, 0.1) is 0 Å². The molecule has 1 N–H and O–H groups in total. The van der Waals surface area contributed by atoms with Crippen molar-refractivity contribution in [2.75, 3.05) is 47.8 Å². The Morgan fingerprint density at radius 3 is 2.27 bits per heavy atom. The van der Waals surface area contributed by atoms with Crippen LogP contribution >= 0.6 is 0 Å². The van der Waals surface area contributed by atoms with E-state index in [1.165, 1.54) is 32.4 Å². The molecule has 0 aromatic carbocycles. The maximum Gasteiger partial charge on any atom is 0.00643 e. The number of hydrogen-bond donors (Lipinski definition) is 1. The lowest BCUT2D eigenvalue weighted by atomic mass is 10.1. The predicted molar refractivity (Wildman–Crippen MR) is 68.4 cm³/mol. The lowest BCUT2D eigenvalue weighted by Crippen LogP contribution is -2.32. The van der Waals surface area contributed by atoms with E-state index in [1.54, 1.807) is 0 Å². The maximum absolute atomic E-state index is 3.19. The van der Waals surface area contributed by atoms with Gasteiger partial charge in [-0.25, -0.2) is 0 Å². The van der Waals surface area contributed by atoms with Gasteiger partial charge in [0.15, 0.2) is 0 Å². The zero-order chi connectivity index (χ0) is 11.7. The zero-order valence-electron chi connectivity index (χ0n) is 11.2. The van der Waals surface area contributed by atoms with E-state index in [0.717, 1.165) is 6.54 Å². The molecule has 0 bridgehead atoms. The molecule has 3 nitrogen and oxygen atoms in total. The minimum atomic E-state index is 0.709. The highest BCUT2D eigenvalue weighted by molar-refractivity contribution is 4.64. The van der Waals surface area contributed by atoms with E-state index in [4.69, 9.17) is 0 Å². The summed E-state index contributed by atoms with van der Waals surface area (Å²) in [6, 6.07) is 0.709. The Morgan fingerprint density at radius 1 is 1.07 bits per heavy atom. The summed E-state index contributed by atoms with van der Waals surface area (Å²) in [7, 11) is 8.53. The van der Waals surface area contributed by atoms with E-state index in [1.807, 2.05) is 7.05 Å². The van der Waals surface area contributed by atoms with E-state index >= 15 is 0 Å². The van der Waals surface area contributed by atoms with Gasteiger partial charge in [-0.15, -0.1) is 0 Å². The molecule has 0 saturated heterocycles. The molecule has 3 heteroatoms. The summed E-state index contributed by atoms with van der Waals surface area (Å²) in [6.07, 6.45) is 3.83. The fourth-order valence-electron chi connectivity index (χ4n) is 1.65. The van der Waals surface area contributed by atoms with Crippen molar-refractivity contribution in [2.24, 2.45) is 0 Å². The molecule has 1 atom stereocenters. The van der Waals surface area contributed by atoms with Gasteiger partial charge in [-0.1, -0.05) is 0 Å². The smallest absolute Gasteiger partial charge is 0.00643 e. The third-order valence-corrected chi connectivity index (χ3v) is 2.92. The Kier molecular flexibility index (Phi) is 9.06. The van der Waals surface area contributed by atoms with Crippen LogP contribution in [0.3, 0.4) is 0 Å². The first-order valence-corrected chi connectivity index (χ1v) is 6.07. The third-order valence-electron chi connectivity index (χ3n) is 2.92. The summed E-state index contributed by atoms with van der Waals surface area (Å²) < 4.78 is 0. The number of rotatable bonds is 9. The summed E-state index contributed by atoms with van der Waals surface area (Å²) in [6.45, 7) is 5.85. The fraction of sp³-hybridized carbons (Fsp3) is 1.00. The average molecular weight is 215 g/mol. The molecule has 1 unspecified atom stereocenters. The molecule has 0 amide bonds. The van der Waals surface area contributed by atoms with Gasteiger partial charge in [-0.3, -0.25) is 0 Å². The molecule has 0 heterocycles. The van der Waals surface area contributed by atoms with Gasteiger partial charge >= 0.3 is 0 Å². The zero-order valence-corrected chi connectivity index (χ0v) is 11.2. The Labute approximate surface area is 95.8 Å². The molecule has 92 valence electrons. The fourth-order valence-corrected chi connectivity index (χ4v) is 1.65.